The Morgan fingerprint density at radius 3 is 2.88 bits per heavy atom. The summed E-state index contributed by atoms with van der Waals surface area (Å²) in [6.45, 7) is 6.01. The summed E-state index contributed by atoms with van der Waals surface area (Å²) < 4.78 is 1.96. The molecule has 1 aromatic carbocycles. The van der Waals surface area contributed by atoms with E-state index < -0.39 is 0 Å². The minimum absolute atomic E-state index is 0.179. The number of benzene rings is 1. The van der Waals surface area contributed by atoms with Crippen LogP contribution >= 0.6 is 11.3 Å². The Morgan fingerprint density at radius 2 is 2.12 bits per heavy atom. The number of thiophene rings is 1. The molecule has 1 unspecified atom stereocenters. The van der Waals surface area contributed by atoms with Crippen molar-refractivity contribution >= 4 is 27.5 Å². The van der Waals surface area contributed by atoms with Gasteiger partial charge in [0, 0.05) is 18.5 Å². The van der Waals surface area contributed by atoms with Crippen molar-refractivity contribution in [3.05, 3.63) is 47.0 Å². The van der Waals surface area contributed by atoms with Crippen molar-refractivity contribution < 1.29 is 4.79 Å². The van der Waals surface area contributed by atoms with Gasteiger partial charge in [-0.2, -0.15) is 5.10 Å². The molecular weight excluding hydrogens is 330 g/mol. The molecule has 2 aromatic heterocycles. The molecule has 1 aliphatic rings. The molecular formula is C20H23N3OS. The zero-order valence-electron chi connectivity index (χ0n) is 14.7. The molecule has 0 N–H and O–H groups in total. The van der Waals surface area contributed by atoms with Gasteiger partial charge in [-0.3, -0.25) is 4.79 Å². The van der Waals surface area contributed by atoms with Crippen molar-refractivity contribution in [3.63, 3.8) is 0 Å². The maximum absolute atomic E-state index is 13.0. The maximum Gasteiger partial charge on any atom is 0.264 e. The average Bonchev–Trinajstić information content (AvgIpc) is 3.22. The zero-order valence-corrected chi connectivity index (χ0v) is 15.6. The van der Waals surface area contributed by atoms with Crippen molar-refractivity contribution in [1.82, 2.24) is 14.7 Å². The highest BCUT2D eigenvalue weighted by molar-refractivity contribution is 7.20. The average molecular weight is 353 g/mol. The highest BCUT2D eigenvalue weighted by atomic mass is 32.1. The fraction of sp³-hybridized carbons (Fsp3) is 0.400. The van der Waals surface area contributed by atoms with E-state index in [9.17, 15) is 4.79 Å². The third kappa shape index (κ3) is 2.97. The maximum atomic E-state index is 13.0. The number of hydrogen-bond donors (Lipinski definition) is 0. The van der Waals surface area contributed by atoms with Crippen LogP contribution in [0.5, 0.6) is 0 Å². The Balaban J connectivity index is 1.69. The standard InChI is InChI=1S/C20H23N3OS/c1-3-15-8-7-11-22(13-15)19(24)18-12-17-14(2)21-23(20(17)25-18)16-9-5-4-6-10-16/h4-6,9-10,12,15H,3,7-8,11,13H2,1-2H3. The molecule has 3 heterocycles. The number of aromatic nitrogens is 2. The van der Waals surface area contributed by atoms with E-state index in [4.69, 9.17) is 0 Å². The van der Waals surface area contributed by atoms with Crippen molar-refractivity contribution in [2.24, 2.45) is 5.92 Å². The third-order valence-corrected chi connectivity index (χ3v) is 6.24. The molecule has 1 aliphatic heterocycles. The Hall–Kier alpha value is -2.14. The number of carbonyl (C=O) groups excluding carboxylic acids is 1. The van der Waals surface area contributed by atoms with Gasteiger partial charge in [-0.05, 0) is 43.9 Å². The van der Waals surface area contributed by atoms with Crippen molar-refractivity contribution in [2.75, 3.05) is 13.1 Å². The van der Waals surface area contributed by atoms with Gasteiger partial charge in [0.05, 0.1) is 16.3 Å². The first kappa shape index (κ1) is 16.3. The van der Waals surface area contributed by atoms with Gasteiger partial charge in [-0.15, -0.1) is 11.3 Å². The van der Waals surface area contributed by atoms with Gasteiger partial charge in [-0.25, -0.2) is 4.68 Å². The number of nitrogens with zero attached hydrogens (tertiary/aromatic N) is 3. The fourth-order valence-electron chi connectivity index (χ4n) is 3.64. The number of para-hydroxylation sites is 1. The van der Waals surface area contributed by atoms with E-state index in [1.807, 2.05) is 52.9 Å². The zero-order chi connectivity index (χ0) is 17.4. The van der Waals surface area contributed by atoms with Crippen LogP contribution in [0.15, 0.2) is 36.4 Å². The summed E-state index contributed by atoms with van der Waals surface area (Å²) in [5, 5.41) is 5.74. The van der Waals surface area contributed by atoms with E-state index in [1.165, 1.54) is 6.42 Å². The molecule has 0 radical (unpaired) electrons. The summed E-state index contributed by atoms with van der Waals surface area (Å²) in [5.41, 5.74) is 2.00. The largest absolute Gasteiger partial charge is 0.338 e. The van der Waals surface area contributed by atoms with Crippen LogP contribution in [-0.2, 0) is 0 Å². The van der Waals surface area contributed by atoms with Crippen LogP contribution in [0.2, 0.25) is 0 Å². The molecule has 1 atom stereocenters. The van der Waals surface area contributed by atoms with E-state index in [1.54, 1.807) is 11.3 Å². The van der Waals surface area contributed by atoms with Crippen LogP contribution in [0.25, 0.3) is 15.9 Å². The van der Waals surface area contributed by atoms with Gasteiger partial charge < -0.3 is 4.90 Å². The SMILES string of the molecule is CCC1CCCN(C(=O)c2cc3c(C)nn(-c4ccccc4)c3s2)C1. The molecule has 4 rings (SSSR count). The van der Waals surface area contributed by atoms with Crippen LogP contribution in [0.4, 0.5) is 0 Å². The molecule has 5 heteroatoms. The fourth-order valence-corrected chi connectivity index (χ4v) is 4.79. The van der Waals surface area contributed by atoms with Crippen LogP contribution in [0.3, 0.4) is 0 Å². The molecule has 1 amide bonds. The first-order chi connectivity index (χ1) is 12.2. The summed E-state index contributed by atoms with van der Waals surface area (Å²) in [4.78, 5) is 16.9. The van der Waals surface area contributed by atoms with Crippen LogP contribution in [0.1, 0.15) is 41.6 Å². The predicted molar refractivity (Wildman–Crippen MR) is 103 cm³/mol. The van der Waals surface area contributed by atoms with Gasteiger partial charge in [0.1, 0.15) is 4.83 Å². The summed E-state index contributed by atoms with van der Waals surface area (Å²) in [6.07, 6.45) is 3.51. The minimum Gasteiger partial charge on any atom is -0.338 e. The number of piperidine rings is 1. The van der Waals surface area contributed by atoms with Crippen molar-refractivity contribution in [1.29, 1.82) is 0 Å². The summed E-state index contributed by atoms with van der Waals surface area (Å²) >= 11 is 1.56. The Bertz CT molecular complexity index is 896. The second-order valence-corrected chi connectivity index (χ2v) is 7.86. The van der Waals surface area contributed by atoms with Gasteiger partial charge in [0.15, 0.2) is 0 Å². The smallest absolute Gasteiger partial charge is 0.264 e. The second kappa shape index (κ2) is 6.64. The Kier molecular flexibility index (Phi) is 4.34. The van der Waals surface area contributed by atoms with Gasteiger partial charge in [-0.1, -0.05) is 31.5 Å². The van der Waals surface area contributed by atoms with Crippen molar-refractivity contribution in [2.45, 2.75) is 33.1 Å². The first-order valence-electron chi connectivity index (χ1n) is 9.01. The topological polar surface area (TPSA) is 38.1 Å². The van der Waals surface area contributed by atoms with E-state index in [2.05, 4.69) is 12.0 Å². The molecule has 4 nitrogen and oxygen atoms in total. The first-order valence-corrected chi connectivity index (χ1v) is 9.83. The van der Waals surface area contributed by atoms with Gasteiger partial charge >= 0.3 is 0 Å². The number of likely N-dealkylation sites (tertiary alicyclic amines) is 1. The van der Waals surface area contributed by atoms with E-state index in [-0.39, 0.29) is 5.91 Å². The number of carbonyl (C=O) groups is 1. The second-order valence-electron chi connectivity index (χ2n) is 6.83. The lowest BCUT2D eigenvalue weighted by molar-refractivity contribution is 0.0676. The highest BCUT2D eigenvalue weighted by Crippen LogP contribution is 2.32. The Morgan fingerprint density at radius 1 is 1.32 bits per heavy atom. The summed E-state index contributed by atoms with van der Waals surface area (Å²) in [7, 11) is 0. The highest BCUT2D eigenvalue weighted by Gasteiger charge is 2.26. The molecule has 1 saturated heterocycles. The van der Waals surface area contributed by atoms with Crippen LogP contribution in [-0.4, -0.2) is 33.7 Å². The predicted octanol–water partition coefficient (Wildman–Crippen LogP) is 4.66. The molecule has 0 aliphatic carbocycles. The molecule has 0 spiro atoms. The van der Waals surface area contributed by atoms with Gasteiger partial charge in [0.2, 0.25) is 0 Å². The van der Waals surface area contributed by atoms with Gasteiger partial charge in [0.25, 0.3) is 5.91 Å². The molecule has 25 heavy (non-hydrogen) atoms. The Labute approximate surface area is 152 Å². The number of amides is 1. The third-order valence-electron chi connectivity index (χ3n) is 5.14. The summed E-state index contributed by atoms with van der Waals surface area (Å²) in [6, 6.07) is 12.1. The van der Waals surface area contributed by atoms with Crippen LogP contribution < -0.4 is 0 Å². The molecule has 3 aromatic rings. The van der Waals surface area contributed by atoms with E-state index in [0.29, 0.717) is 5.92 Å². The minimum atomic E-state index is 0.179. The lowest BCUT2D eigenvalue weighted by Crippen LogP contribution is -2.39. The number of aryl methyl sites for hydroxylation is 1. The lowest BCUT2D eigenvalue weighted by Gasteiger charge is -2.32. The van der Waals surface area contributed by atoms with E-state index >= 15 is 0 Å². The molecule has 0 bridgehead atoms. The van der Waals surface area contributed by atoms with Crippen molar-refractivity contribution in [3.8, 4) is 5.69 Å². The van der Waals surface area contributed by atoms with E-state index in [0.717, 1.165) is 52.4 Å². The molecule has 1 fully saturated rings. The monoisotopic (exact) mass is 353 g/mol. The number of fused-ring (bicyclic) bond motifs is 1. The number of rotatable bonds is 3. The van der Waals surface area contributed by atoms with Crippen LogP contribution in [0, 0.1) is 12.8 Å². The quantitative estimate of drug-likeness (QED) is 0.687. The lowest BCUT2D eigenvalue weighted by atomic mass is 9.95. The number of hydrogen-bond acceptors (Lipinski definition) is 3. The molecule has 0 saturated carbocycles. The normalized spacial score (nSPS) is 18.0. The molecule has 130 valence electrons. The summed E-state index contributed by atoms with van der Waals surface area (Å²) in [5.74, 6) is 0.826.